The van der Waals surface area contributed by atoms with Gasteiger partial charge in [-0.1, -0.05) is 30.2 Å². The molecule has 3 fully saturated rings. The Bertz CT molecular complexity index is 1260. The summed E-state index contributed by atoms with van der Waals surface area (Å²) in [5, 5.41) is 27.5. The molecule has 4 atom stereocenters. The highest BCUT2D eigenvalue weighted by Crippen LogP contribution is 2.53. The summed E-state index contributed by atoms with van der Waals surface area (Å²) in [6.07, 6.45) is 3.35. The van der Waals surface area contributed by atoms with E-state index in [4.69, 9.17) is 11.6 Å². The van der Waals surface area contributed by atoms with Crippen molar-refractivity contribution in [3.8, 4) is 5.75 Å². The second kappa shape index (κ2) is 9.13. The number of benzene rings is 2. The number of nitrogens with one attached hydrogen (secondary N) is 3. The summed E-state index contributed by atoms with van der Waals surface area (Å²) in [6.45, 7) is 0.181. The highest BCUT2D eigenvalue weighted by atomic mass is 35.5. The number of hydrogen-bond acceptors (Lipinski definition) is 5. The Kier molecular flexibility index (Phi) is 6.12. The predicted molar refractivity (Wildman–Crippen MR) is 129 cm³/mol. The van der Waals surface area contributed by atoms with Gasteiger partial charge in [0.2, 0.25) is 5.91 Å². The molecule has 0 radical (unpaired) electrons. The van der Waals surface area contributed by atoms with Crippen molar-refractivity contribution in [3.63, 3.8) is 0 Å². The van der Waals surface area contributed by atoms with Crippen molar-refractivity contribution >= 4 is 35.3 Å². The number of aliphatic carboxylic acids is 1. The van der Waals surface area contributed by atoms with Crippen molar-refractivity contribution in [2.45, 2.75) is 43.8 Å². The van der Waals surface area contributed by atoms with Gasteiger partial charge in [0.15, 0.2) is 5.54 Å². The van der Waals surface area contributed by atoms with E-state index >= 15 is 0 Å². The monoisotopic (exact) mass is 511 g/mol. The Morgan fingerprint density at radius 1 is 1.03 bits per heavy atom. The molecule has 0 spiro atoms. The quantitative estimate of drug-likeness (QED) is 0.368. The van der Waals surface area contributed by atoms with E-state index in [-0.39, 0.29) is 46.8 Å². The Balaban J connectivity index is 1.20. The van der Waals surface area contributed by atoms with Crippen LogP contribution in [0.2, 0.25) is 5.02 Å². The molecule has 0 aliphatic heterocycles. The predicted octanol–water partition coefficient (Wildman–Crippen LogP) is 2.46. The highest BCUT2D eigenvalue weighted by molar-refractivity contribution is 6.34. The average molecular weight is 512 g/mol. The lowest BCUT2D eigenvalue weighted by Gasteiger charge is -2.16. The van der Waals surface area contributed by atoms with Crippen LogP contribution in [0.5, 0.6) is 5.75 Å². The number of fused-ring (bicyclic) bond motifs is 1. The van der Waals surface area contributed by atoms with Crippen LogP contribution in [0.25, 0.3) is 0 Å². The normalized spacial score (nSPS) is 27.5. The molecule has 10 heteroatoms. The maximum atomic E-state index is 12.9. The standard InChI is InChI=1S/C26H26ClN3O6/c27-20-10-14(22(32)28-12-13-3-1-4-15(31)9-13)7-8-18(20)23(33)30-26(25(35)36)11-19(26)24(34)29-21-16-5-2-6-17(16)21/h1,3-4,7-10,16-17,19,21,31H,2,5-6,11-12H2,(H,28,32)(H,29,34)(H,30,33)(H,35,36)/t16?,17?,19-,21?,26?/m0/s1. The van der Waals surface area contributed by atoms with Gasteiger partial charge in [0.25, 0.3) is 11.8 Å². The SMILES string of the molecule is O=C(NCc1cccc(O)c1)c1ccc(C(=O)NC2(C(=O)O)C[C@H]2C(=O)NC2C3CCCC32)c(Cl)c1. The van der Waals surface area contributed by atoms with Crippen LogP contribution in [0.1, 0.15) is 52.0 Å². The first kappa shape index (κ1) is 24.1. The van der Waals surface area contributed by atoms with Crippen LogP contribution in [0.15, 0.2) is 42.5 Å². The number of carbonyl (C=O) groups is 4. The molecule has 0 heterocycles. The van der Waals surface area contributed by atoms with Gasteiger partial charge in [-0.15, -0.1) is 0 Å². The Labute approximate surface area is 212 Å². The molecule has 2 aromatic rings. The molecule has 0 saturated heterocycles. The largest absolute Gasteiger partial charge is 0.508 e. The first-order valence-corrected chi connectivity index (χ1v) is 12.3. The van der Waals surface area contributed by atoms with E-state index in [0.717, 1.165) is 12.8 Å². The molecule has 2 aromatic carbocycles. The number of carboxylic acids is 1. The first-order valence-electron chi connectivity index (χ1n) is 11.9. The van der Waals surface area contributed by atoms with Crippen LogP contribution >= 0.6 is 11.6 Å². The number of amides is 3. The second-order valence-corrected chi connectivity index (χ2v) is 10.2. The van der Waals surface area contributed by atoms with Gasteiger partial charge < -0.3 is 26.2 Å². The summed E-state index contributed by atoms with van der Waals surface area (Å²) in [4.78, 5) is 50.1. The molecule has 0 aromatic heterocycles. The van der Waals surface area contributed by atoms with Crippen molar-refractivity contribution in [2.75, 3.05) is 0 Å². The summed E-state index contributed by atoms with van der Waals surface area (Å²) in [6, 6.07) is 10.7. The third-order valence-electron chi connectivity index (χ3n) is 7.55. The number of carbonyl (C=O) groups excluding carboxylic acids is 3. The number of halogens is 1. The van der Waals surface area contributed by atoms with Crippen molar-refractivity contribution in [1.29, 1.82) is 0 Å². The van der Waals surface area contributed by atoms with Gasteiger partial charge >= 0.3 is 5.97 Å². The van der Waals surface area contributed by atoms with Gasteiger partial charge in [0.1, 0.15) is 5.75 Å². The van der Waals surface area contributed by atoms with Gasteiger partial charge in [0, 0.05) is 18.2 Å². The smallest absolute Gasteiger partial charge is 0.330 e. The van der Waals surface area contributed by atoms with E-state index < -0.39 is 29.2 Å². The van der Waals surface area contributed by atoms with Crippen molar-refractivity contribution < 1.29 is 29.4 Å². The van der Waals surface area contributed by atoms with Crippen LogP contribution in [0.4, 0.5) is 0 Å². The molecule has 3 amide bonds. The van der Waals surface area contributed by atoms with E-state index in [1.54, 1.807) is 12.1 Å². The van der Waals surface area contributed by atoms with E-state index in [1.165, 1.54) is 36.8 Å². The lowest BCUT2D eigenvalue weighted by Crippen LogP contribution is -2.47. The molecular weight excluding hydrogens is 486 g/mol. The summed E-state index contributed by atoms with van der Waals surface area (Å²) in [7, 11) is 0. The first-order chi connectivity index (χ1) is 17.2. The third kappa shape index (κ3) is 4.51. The zero-order valence-electron chi connectivity index (χ0n) is 19.3. The maximum Gasteiger partial charge on any atom is 0.330 e. The van der Waals surface area contributed by atoms with Gasteiger partial charge in [-0.05, 0) is 67.0 Å². The van der Waals surface area contributed by atoms with E-state index in [2.05, 4.69) is 16.0 Å². The van der Waals surface area contributed by atoms with E-state index in [9.17, 15) is 29.4 Å². The summed E-state index contributed by atoms with van der Waals surface area (Å²) in [5.41, 5.74) is -0.753. The van der Waals surface area contributed by atoms with E-state index in [0.29, 0.717) is 17.4 Å². The van der Waals surface area contributed by atoms with Crippen molar-refractivity contribution in [3.05, 3.63) is 64.2 Å². The fourth-order valence-corrected chi connectivity index (χ4v) is 5.64. The molecular formula is C26H26ClN3O6. The second-order valence-electron chi connectivity index (χ2n) is 9.83. The van der Waals surface area contributed by atoms with Crippen LogP contribution in [0, 0.1) is 17.8 Å². The molecule has 9 nitrogen and oxygen atoms in total. The van der Waals surface area contributed by atoms with Crippen LogP contribution < -0.4 is 16.0 Å². The Morgan fingerprint density at radius 3 is 2.44 bits per heavy atom. The molecule has 188 valence electrons. The van der Waals surface area contributed by atoms with Gasteiger partial charge in [-0.25, -0.2) is 4.79 Å². The molecule has 3 unspecified atom stereocenters. The third-order valence-corrected chi connectivity index (χ3v) is 7.86. The number of phenols is 1. The highest BCUT2D eigenvalue weighted by Gasteiger charge is 2.66. The molecule has 3 aliphatic carbocycles. The number of hydrogen-bond donors (Lipinski definition) is 5. The average Bonchev–Trinajstić information content (AvgIpc) is 3.66. The summed E-state index contributed by atoms with van der Waals surface area (Å²) < 4.78 is 0. The lowest BCUT2D eigenvalue weighted by molar-refractivity contribution is -0.142. The number of rotatable bonds is 8. The minimum atomic E-state index is -1.67. The number of phenolic OH excluding ortho intramolecular Hbond substituents is 1. The molecule has 5 N–H and O–H groups in total. The topological polar surface area (TPSA) is 145 Å². The summed E-state index contributed by atoms with van der Waals surface area (Å²) >= 11 is 6.27. The van der Waals surface area contributed by atoms with Crippen LogP contribution in [-0.4, -0.2) is 45.5 Å². The van der Waals surface area contributed by atoms with Crippen LogP contribution in [0.3, 0.4) is 0 Å². The van der Waals surface area contributed by atoms with Crippen molar-refractivity contribution in [2.24, 2.45) is 17.8 Å². The summed E-state index contributed by atoms with van der Waals surface area (Å²) in [5.74, 6) is -2.54. The Morgan fingerprint density at radius 2 is 1.78 bits per heavy atom. The molecule has 3 saturated carbocycles. The zero-order chi connectivity index (χ0) is 25.6. The molecule has 0 bridgehead atoms. The van der Waals surface area contributed by atoms with Gasteiger partial charge in [-0.3, -0.25) is 14.4 Å². The molecule has 3 aliphatic rings. The maximum absolute atomic E-state index is 12.9. The zero-order valence-corrected chi connectivity index (χ0v) is 20.0. The number of aromatic hydroxyl groups is 1. The van der Waals surface area contributed by atoms with Crippen molar-refractivity contribution in [1.82, 2.24) is 16.0 Å². The fourth-order valence-electron chi connectivity index (χ4n) is 5.37. The van der Waals surface area contributed by atoms with E-state index in [1.807, 2.05) is 0 Å². The molecule has 5 rings (SSSR count). The number of carboxylic acid groups (broad SMARTS) is 1. The van der Waals surface area contributed by atoms with Crippen LogP contribution in [-0.2, 0) is 16.1 Å². The lowest BCUT2D eigenvalue weighted by atomic mass is 10.1. The minimum absolute atomic E-state index is 0.00427. The molecule has 36 heavy (non-hydrogen) atoms. The Hall–Kier alpha value is -3.59. The van der Waals surface area contributed by atoms with Gasteiger partial charge in [-0.2, -0.15) is 0 Å². The minimum Gasteiger partial charge on any atom is -0.508 e. The van der Waals surface area contributed by atoms with Gasteiger partial charge in [0.05, 0.1) is 16.5 Å². The fraction of sp³-hybridized carbons (Fsp3) is 0.385.